The van der Waals surface area contributed by atoms with E-state index in [1.165, 1.54) is 0 Å². The van der Waals surface area contributed by atoms with E-state index in [2.05, 4.69) is 36.6 Å². The van der Waals surface area contributed by atoms with Crippen molar-refractivity contribution in [3.05, 3.63) is 59.7 Å². The highest BCUT2D eigenvalue weighted by molar-refractivity contribution is 6.06. The number of hydrogen-bond acceptors (Lipinski definition) is 3. The SMILES string of the molecule is CC1CC(c2ccccc2N)C(C)C2(N1)C(=O)Nc1ccccc12. The number of carbonyl (C=O) groups excluding carboxylic acids is 1. The third kappa shape index (κ3) is 1.99. The van der Waals surface area contributed by atoms with Crippen LogP contribution in [0.1, 0.15) is 37.3 Å². The van der Waals surface area contributed by atoms with Crippen LogP contribution in [0.15, 0.2) is 48.5 Å². The van der Waals surface area contributed by atoms with Crippen molar-refractivity contribution < 1.29 is 4.79 Å². The molecule has 124 valence electrons. The van der Waals surface area contributed by atoms with Gasteiger partial charge in [0.25, 0.3) is 0 Å². The molecule has 4 heteroatoms. The summed E-state index contributed by atoms with van der Waals surface area (Å²) < 4.78 is 0. The zero-order valence-electron chi connectivity index (χ0n) is 14.0. The number of amides is 1. The van der Waals surface area contributed by atoms with Crippen molar-refractivity contribution in [2.45, 2.75) is 37.8 Å². The standard InChI is InChI=1S/C20H23N3O/c1-12-11-15(14-7-3-5-9-17(14)21)13(2)20(23-12)16-8-4-6-10-18(16)22-19(20)24/h3-10,12-13,15,23H,11,21H2,1-2H3,(H,22,24). The van der Waals surface area contributed by atoms with E-state index in [1.54, 1.807) is 0 Å². The van der Waals surface area contributed by atoms with Crippen molar-refractivity contribution >= 4 is 17.3 Å². The molecule has 24 heavy (non-hydrogen) atoms. The van der Waals surface area contributed by atoms with Gasteiger partial charge in [-0.1, -0.05) is 43.3 Å². The molecule has 0 aromatic heterocycles. The number of benzene rings is 2. The summed E-state index contributed by atoms with van der Waals surface area (Å²) in [7, 11) is 0. The van der Waals surface area contributed by atoms with Crippen LogP contribution < -0.4 is 16.4 Å². The normalized spacial score (nSPS) is 31.8. The molecule has 2 heterocycles. The van der Waals surface area contributed by atoms with Crippen LogP contribution in [0.25, 0.3) is 0 Å². The molecule has 0 bridgehead atoms. The maximum atomic E-state index is 13.0. The fraction of sp³-hybridized carbons (Fsp3) is 0.350. The molecule has 4 nitrogen and oxygen atoms in total. The maximum absolute atomic E-state index is 13.0. The van der Waals surface area contributed by atoms with E-state index in [1.807, 2.05) is 36.4 Å². The van der Waals surface area contributed by atoms with Crippen LogP contribution in [0.5, 0.6) is 0 Å². The van der Waals surface area contributed by atoms with Gasteiger partial charge in [-0.3, -0.25) is 10.1 Å². The number of carbonyl (C=O) groups is 1. The number of nitrogens with one attached hydrogen (secondary N) is 2. The first kappa shape index (κ1) is 15.2. The van der Waals surface area contributed by atoms with E-state index in [9.17, 15) is 4.79 Å². The molecule has 4 rings (SSSR count). The number of piperidine rings is 1. The second-order valence-corrected chi connectivity index (χ2v) is 7.11. The van der Waals surface area contributed by atoms with Crippen LogP contribution >= 0.6 is 0 Å². The minimum Gasteiger partial charge on any atom is -0.398 e. The van der Waals surface area contributed by atoms with Gasteiger partial charge in [0.1, 0.15) is 5.54 Å². The van der Waals surface area contributed by atoms with Crippen molar-refractivity contribution in [1.29, 1.82) is 0 Å². The van der Waals surface area contributed by atoms with Gasteiger partial charge < -0.3 is 11.1 Å². The first-order valence-corrected chi connectivity index (χ1v) is 8.57. The number of nitrogen functional groups attached to an aromatic ring is 1. The van der Waals surface area contributed by atoms with Gasteiger partial charge in [0.15, 0.2) is 0 Å². The van der Waals surface area contributed by atoms with Gasteiger partial charge in [-0.15, -0.1) is 0 Å². The Morgan fingerprint density at radius 1 is 1.08 bits per heavy atom. The van der Waals surface area contributed by atoms with E-state index in [4.69, 9.17) is 5.73 Å². The van der Waals surface area contributed by atoms with E-state index >= 15 is 0 Å². The summed E-state index contributed by atoms with van der Waals surface area (Å²) in [5.41, 5.74) is 9.48. The van der Waals surface area contributed by atoms with Gasteiger partial charge in [-0.2, -0.15) is 0 Å². The average Bonchev–Trinajstić information content (AvgIpc) is 2.84. The first-order valence-electron chi connectivity index (χ1n) is 8.57. The van der Waals surface area contributed by atoms with E-state index in [0.29, 0.717) is 0 Å². The van der Waals surface area contributed by atoms with Crippen LogP contribution in [0, 0.1) is 5.92 Å². The third-order valence-electron chi connectivity index (χ3n) is 5.72. The molecule has 4 N–H and O–H groups in total. The molecule has 1 fully saturated rings. The second kappa shape index (κ2) is 5.35. The lowest BCUT2D eigenvalue weighted by molar-refractivity contribution is -0.126. The maximum Gasteiger partial charge on any atom is 0.249 e. The van der Waals surface area contributed by atoms with Crippen molar-refractivity contribution in [3.8, 4) is 0 Å². The molecule has 4 unspecified atom stereocenters. The van der Waals surface area contributed by atoms with Crippen LogP contribution in [0.3, 0.4) is 0 Å². The molecular weight excluding hydrogens is 298 g/mol. The number of nitrogens with two attached hydrogens (primary N) is 1. The minimum atomic E-state index is -0.693. The number of hydrogen-bond donors (Lipinski definition) is 3. The monoisotopic (exact) mass is 321 g/mol. The summed E-state index contributed by atoms with van der Waals surface area (Å²) in [6.07, 6.45) is 0.965. The Morgan fingerprint density at radius 3 is 2.58 bits per heavy atom. The molecule has 2 aliphatic heterocycles. The molecule has 2 aliphatic rings. The molecule has 0 aliphatic carbocycles. The zero-order valence-corrected chi connectivity index (χ0v) is 14.0. The Morgan fingerprint density at radius 2 is 1.79 bits per heavy atom. The van der Waals surface area contributed by atoms with Crippen LogP contribution in [0.4, 0.5) is 11.4 Å². The average molecular weight is 321 g/mol. The Kier molecular flexibility index (Phi) is 3.39. The highest BCUT2D eigenvalue weighted by atomic mass is 16.2. The number of anilines is 2. The number of rotatable bonds is 1. The highest BCUT2D eigenvalue weighted by Crippen LogP contribution is 2.51. The van der Waals surface area contributed by atoms with Crippen molar-refractivity contribution in [2.24, 2.45) is 5.92 Å². The second-order valence-electron chi connectivity index (χ2n) is 7.11. The van der Waals surface area contributed by atoms with Crippen LogP contribution in [-0.2, 0) is 10.3 Å². The van der Waals surface area contributed by atoms with Gasteiger partial charge in [-0.05, 0) is 42.9 Å². The summed E-state index contributed by atoms with van der Waals surface area (Å²) in [4.78, 5) is 13.0. The predicted octanol–water partition coefficient (Wildman–Crippen LogP) is 3.22. The Labute approximate surface area is 142 Å². The predicted molar refractivity (Wildman–Crippen MR) is 96.7 cm³/mol. The van der Waals surface area contributed by atoms with E-state index in [-0.39, 0.29) is 23.8 Å². The van der Waals surface area contributed by atoms with E-state index < -0.39 is 5.54 Å². The van der Waals surface area contributed by atoms with Gasteiger partial charge in [0, 0.05) is 23.0 Å². The van der Waals surface area contributed by atoms with E-state index in [0.717, 1.165) is 28.9 Å². The molecule has 1 spiro atoms. The Balaban J connectivity index is 1.85. The summed E-state index contributed by atoms with van der Waals surface area (Å²) in [6.45, 7) is 4.31. The Bertz CT molecular complexity index is 803. The largest absolute Gasteiger partial charge is 0.398 e. The quantitative estimate of drug-likeness (QED) is 0.707. The first-order chi connectivity index (χ1) is 11.5. The molecule has 2 aromatic rings. The molecular formula is C20H23N3O. The van der Waals surface area contributed by atoms with Gasteiger partial charge >= 0.3 is 0 Å². The lowest BCUT2D eigenvalue weighted by Gasteiger charge is -2.47. The molecule has 2 aromatic carbocycles. The summed E-state index contributed by atoms with van der Waals surface area (Å²) in [5, 5.41) is 6.68. The fourth-order valence-corrected chi connectivity index (χ4v) is 4.59. The number of para-hydroxylation sites is 2. The fourth-order valence-electron chi connectivity index (χ4n) is 4.59. The summed E-state index contributed by atoms with van der Waals surface area (Å²) in [6, 6.07) is 16.2. The van der Waals surface area contributed by atoms with Crippen molar-refractivity contribution in [2.75, 3.05) is 11.1 Å². The highest BCUT2D eigenvalue weighted by Gasteiger charge is 2.56. The van der Waals surface area contributed by atoms with Crippen molar-refractivity contribution in [1.82, 2.24) is 5.32 Å². The lowest BCUT2D eigenvalue weighted by Crippen LogP contribution is -2.60. The molecule has 0 saturated carbocycles. The molecule has 1 amide bonds. The third-order valence-corrected chi connectivity index (χ3v) is 5.72. The topological polar surface area (TPSA) is 67.1 Å². The van der Waals surface area contributed by atoms with Gasteiger partial charge in [0.05, 0.1) is 0 Å². The van der Waals surface area contributed by atoms with Gasteiger partial charge in [-0.25, -0.2) is 0 Å². The lowest BCUT2D eigenvalue weighted by atomic mass is 9.65. The van der Waals surface area contributed by atoms with Crippen molar-refractivity contribution in [3.63, 3.8) is 0 Å². The van der Waals surface area contributed by atoms with Crippen LogP contribution in [-0.4, -0.2) is 11.9 Å². The molecule has 0 radical (unpaired) electrons. The summed E-state index contributed by atoms with van der Waals surface area (Å²) in [5.74, 6) is 0.378. The van der Waals surface area contributed by atoms with Crippen LogP contribution in [0.2, 0.25) is 0 Å². The molecule has 4 atom stereocenters. The Hall–Kier alpha value is -2.33. The summed E-state index contributed by atoms with van der Waals surface area (Å²) >= 11 is 0. The molecule has 1 saturated heterocycles. The van der Waals surface area contributed by atoms with Gasteiger partial charge in [0.2, 0.25) is 5.91 Å². The minimum absolute atomic E-state index is 0.0438. The zero-order chi connectivity index (χ0) is 16.9. The number of fused-ring (bicyclic) bond motifs is 2. The smallest absolute Gasteiger partial charge is 0.249 e.